The molecule has 1 nitrogen and oxygen atoms in total. The number of terminal acetylenes is 1. The minimum Gasteiger partial charge on any atom is -0.507 e. The standard InChI is InChI=1S/C8H5FO/c1-2-6-7(9)4-3-5-8(6)10/h1,3-5,10H. The summed E-state index contributed by atoms with van der Waals surface area (Å²) in [5.41, 5.74) is -0.0810. The number of aromatic hydroxyl groups is 1. The quantitative estimate of drug-likeness (QED) is 0.536. The maximum absolute atomic E-state index is 12.5. The van der Waals surface area contributed by atoms with Gasteiger partial charge in [-0.2, -0.15) is 0 Å². The van der Waals surface area contributed by atoms with Crippen LogP contribution in [0.3, 0.4) is 0 Å². The average molecular weight is 136 g/mol. The van der Waals surface area contributed by atoms with Gasteiger partial charge in [0.1, 0.15) is 17.1 Å². The van der Waals surface area contributed by atoms with E-state index in [1.807, 2.05) is 5.92 Å². The molecule has 1 N–H and O–H groups in total. The van der Waals surface area contributed by atoms with E-state index in [-0.39, 0.29) is 11.3 Å². The Kier molecular flexibility index (Phi) is 1.59. The van der Waals surface area contributed by atoms with Crippen LogP contribution in [0.15, 0.2) is 18.2 Å². The van der Waals surface area contributed by atoms with E-state index in [0.29, 0.717) is 0 Å². The Morgan fingerprint density at radius 1 is 1.50 bits per heavy atom. The molecule has 1 aromatic carbocycles. The fraction of sp³-hybridized carbons (Fsp3) is 0. The second-order valence-corrected chi connectivity index (χ2v) is 1.78. The number of hydrogen-bond donors (Lipinski definition) is 1. The van der Waals surface area contributed by atoms with Crippen LogP contribution >= 0.6 is 0 Å². The second-order valence-electron chi connectivity index (χ2n) is 1.78. The zero-order valence-electron chi connectivity index (χ0n) is 5.13. The van der Waals surface area contributed by atoms with Gasteiger partial charge in [0.25, 0.3) is 0 Å². The van der Waals surface area contributed by atoms with Crippen molar-refractivity contribution in [2.45, 2.75) is 0 Å². The van der Waals surface area contributed by atoms with E-state index in [1.165, 1.54) is 18.2 Å². The summed E-state index contributed by atoms with van der Waals surface area (Å²) < 4.78 is 12.5. The lowest BCUT2D eigenvalue weighted by Crippen LogP contribution is -1.81. The Morgan fingerprint density at radius 2 is 2.20 bits per heavy atom. The first-order chi connectivity index (χ1) is 4.75. The van der Waals surface area contributed by atoms with E-state index in [4.69, 9.17) is 11.5 Å². The summed E-state index contributed by atoms with van der Waals surface area (Å²) in [6.45, 7) is 0. The molecule has 0 aromatic heterocycles. The van der Waals surface area contributed by atoms with E-state index in [1.54, 1.807) is 0 Å². The largest absolute Gasteiger partial charge is 0.507 e. The molecule has 0 bridgehead atoms. The van der Waals surface area contributed by atoms with Crippen LogP contribution in [-0.4, -0.2) is 5.11 Å². The fourth-order valence-corrected chi connectivity index (χ4v) is 0.656. The normalized spacial score (nSPS) is 8.80. The van der Waals surface area contributed by atoms with Crippen molar-refractivity contribution in [1.29, 1.82) is 0 Å². The number of benzene rings is 1. The molecule has 0 atom stereocenters. The third-order valence-corrected chi connectivity index (χ3v) is 1.14. The number of rotatable bonds is 0. The number of phenolic OH excluding ortho intramolecular Hbond substituents is 1. The Balaban J connectivity index is 3.34. The van der Waals surface area contributed by atoms with Crippen LogP contribution in [0.1, 0.15) is 5.56 Å². The molecule has 0 aliphatic carbocycles. The smallest absolute Gasteiger partial charge is 0.142 e. The Bertz CT molecular complexity index is 266. The van der Waals surface area contributed by atoms with Crippen LogP contribution in [0.2, 0.25) is 0 Å². The van der Waals surface area contributed by atoms with Gasteiger partial charge in [-0.25, -0.2) is 4.39 Å². The Hall–Kier alpha value is -1.49. The first kappa shape index (κ1) is 6.63. The summed E-state index contributed by atoms with van der Waals surface area (Å²) in [5.74, 6) is 1.28. The summed E-state index contributed by atoms with van der Waals surface area (Å²) in [6, 6.07) is 3.94. The lowest BCUT2D eigenvalue weighted by atomic mass is 10.2. The molecule has 0 spiro atoms. The maximum atomic E-state index is 12.5. The van der Waals surface area contributed by atoms with Gasteiger partial charge < -0.3 is 5.11 Å². The third-order valence-electron chi connectivity index (χ3n) is 1.14. The molecule has 0 saturated heterocycles. The van der Waals surface area contributed by atoms with Gasteiger partial charge in [0.2, 0.25) is 0 Å². The fourth-order valence-electron chi connectivity index (χ4n) is 0.656. The molecule has 0 radical (unpaired) electrons. The number of halogens is 1. The Labute approximate surface area is 58.1 Å². The van der Waals surface area contributed by atoms with Crippen molar-refractivity contribution < 1.29 is 9.50 Å². The number of hydrogen-bond acceptors (Lipinski definition) is 1. The van der Waals surface area contributed by atoms with Crippen LogP contribution < -0.4 is 0 Å². The molecule has 0 aliphatic heterocycles. The molecular weight excluding hydrogens is 131 g/mol. The molecule has 0 amide bonds. The molecule has 0 unspecified atom stereocenters. The highest BCUT2D eigenvalue weighted by Crippen LogP contribution is 2.17. The predicted molar refractivity (Wildman–Crippen MR) is 36.0 cm³/mol. The van der Waals surface area contributed by atoms with Gasteiger partial charge in [-0.05, 0) is 12.1 Å². The monoisotopic (exact) mass is 136 g/mol. The summed E-state index contributed by atoms with van der Waals surface area (Å²) in [6.07, 6.45) is 4.90. The molecule has 2 heteroatoms. The first-order valence-electron chi connectivity index (χ1n) is 2.70. The van der Waals surface area contributed by atoms with Crippen molar-refractivity contribution in [3.8, 4) is 18.1 Å². The van der Waals surface area contributed by atoms with Crippen molar-refractivity contribution in [2.75, 3.05) is 0 Å². The molecule has 0 heterocycles. The van der Waals surface area contributed by atoms with E-state index < -0.39 is 5.82 Å². The maximum Gasteiger partial charge on any atom is 0.142 e. The first-order valence-corrected chi connectivity index (χ1v) is 2.70. The van der Waals surface area contributed by atoms with Crippen molar-refractivity contribution in [1.82, 2.24) is 0 Å². The van der Waals surface area contributed by atoms with Crippen LogP contribution in [0.5, 0.6) is 5.75 Å². The van der Waals surface area contributed by atoms with Gasteiger partial charge >= 0.3 is 0 Å². The van der Waals surface area contributed by atoms with Gasteiger partial charge in [-0.1, -0.05) is 12.0 Å². The topological polar surface area (TPSA) is 20.2 Å². The van der Waals surface area contributed by atoms with Gasteiger partial charge in [-0.3, -0.25) is 0 Å². The SMILES string of the molecule is C#Cc1c(O)cccc1F. The summed E-state index contributed by atoms with van der Waals surface area (Å²) in [4.78, 5) is 0. The molecule has 50 valence electrons. The summed E-state index contributed by atoms with van der Waals surface area (Å²) >= 11 is 0. The molecule has 0 saturated carbocycles. The molecule has 1 aromatic rings. The highest BCUT2D eigenvalue weighted by molar-refractivity contribution is 5.44. The van der Waals surface area contributed by atoms with E-state index in [2.05, 4.69) is 0 Å². The minimum absolute atomic E-state index is 0.0810. The van der Waals surface area contributed by atoms with Gasteiger partial charge in [0.05, 0.1) is 0 Å². The van der Waals surface area contributed by atoms with E-state index >= 15 is 0 Å². The van der Waals surface area contributed by atoms with Gasteiger partial charge in [-0.15, -0.1) is 6.42 Å². The second kappa shape index (κ2) is 2.40. The molecular formula is C8H5FO. The molecule has 1 rings (SSSR count). The average Bonchev–Trinajstić information content (AvgIpc) is 1.88. The summed E-state index contributed by atoms with van der Waals surface area (Å²) in [5, 5.41) is 8.91. The van der Waals surface area contributed by atoms with Crippen molar-refractivity contribution in [2.24, 2.45) is 0 Å². The van der Waals surface area contributed by atoms with Crippen LogP contribution in [-0.2, 0) is 0 Å². The summed E-state index contributed by atoms with van der Waals surface area (Å²) in [7, 11) is 0. The van der Waals surface area contributed by atoms with Crippen molar-refractivity contribution in [3.05, 3.63) is 29.6 Å². The van der Waals surface area contributed by atoms with Crippen molar-refractivity contribution >= 4 is 0 Å². The number of phenols is 1. The van der Waals surface area contributed by atoms with Gasteiger partial charge in [0, 0.05) is 0 Å². The highest BCUT2D eigenvalue weighted by Gasteiger charge is 2.01. The minimum atomic E-state index is -0.567. The van der Waals surface area contributed by atoms with Crippen LogP contribution in [0, 0.1) is 18.2 Å². The Morgan fingerprint density at radius 3 is 2.60 bits per heavy atom. The predicted octanol–water partition coefficient (Wildman–Crippen LogP) is 1.51. The molecule has 0 fully saturated rings. The van der Waals surface area contributed by atoms with Gasteiger partial charge in [0.15, 0.2) is 0 Å². The molecule has 10 heavy (non-hydrogen) atoms. The molecule has 0 aliphatic rings. The van der Waals surface area contributed by atoms with Crippen molar-refractivity contribution in [3.63, 3.8) is 0 Å². The zero-order valence-corrected chi connectivity index (χ0v) is 5.13. The highest BCUT2D eigenvalue weighted by atomic mass is 19.1. The van der Waals surface area contributed by atoms with Crippen LogP contribution in [0.4, 0.5) is 4.39 Å². The van der Waals surface area contributed by atoms with E-state index in [0.717, 1.165) is 0 Å². The third kappa shape index (κ3) is 0.939. The van der Waals surface area contributed by atoms with E-state index in [9.17, 15) is 4.39 Å². The van der Waals surface area contributed by atoms with Crippen LogP contribution in [0.25, 0.3) is 0 Å². The zero-order chi connectivity index (χ0) is 7.56. The lowest BCUT2D eigenvalue weighted by molar-refractivity contribution is 0.467. The lowest BCUT2D eigenvalue weighted by Gasteiger charge is -1.95.